The molecule has 0 spiro atoms. The Morgan fingerprint density at radius 2 is 1.67 bits per heavy atom. The molecule has 0 aliphatic heterocycles. The molecule has 0 bridgehead atoms. The molecule has 0 radical (unpaired) electrons. The molecule has 0 aliphatic rings. The van der Waals surface area contributed by atoms with Crippen molar-refractivity contribution < 1.29 is 13.2 Å². The first kappa shape index (κ1) is 23.6. The smallest absolute Gasteiger partial charge is 0.240 e. The van der Waals surface area contributed by atoms with Crippen molar-refractivity contribution in [2.45, 2.75) is 11.4 Å². The van der Waals surface area contributed by atoms with Gasteiger partial charge in [-0.25, -0.2) is 18.1 Å². The number of halogens is 1. The van der Waals surface area contributed by atoms with Crippen LogP contribution in [0, 0.1) is 0 Å². The number of nitrogens with zero attached hydrogens (tertiary/aromatic N) is 1. The molecule has 9 heteroatoms. The summed E-state index contributed by atoms with van der Waals surface area (Å²) in [5, 5.41) is 3.01. The highest BCUT2D eigenvalue weighted by Gasteiger charge is 2.11. The molecule has 0 aliphatic carbocycles. The van der Waals surface area contributed by atoms with Gasteiger partial charge in [-0.2, -0.15) is 0 Å². The minimum absolute atomic E-state index is 0. The van der Waals surface area contributed by atoms with Crippen molar-refractivity contribution >= 4 is 45.6 Å². The third-order valence-corrected chi connectivity index (χ3v) is 5.41. The maximum absolute atomic E-state index is 11.9. The highest BCUT2D eigenvalue weighted by atomic mass is 127. The Bertz CT molecular complexity index is 1110. The van der Waals surface area contributed by atoms with E-state index in [4.69, 9.17) is 10.5 Å². The number of hydrogen-bond donors (Lipinski definition) is 3. The Hall–Kier alpha value is -2.63. The van der Waals surface area contributed by atoms with E-state index in [2.05, 4.69) is 15.0 Å². The molecule has 0 aromatic heterocycles. The Balaban J connectivity index is 0.00000320. The van der Waals surface area contributed by atoms with Gasteiger partial charge in [0.2, 0.25) is 10.0 Å². The van der Waals surface area contributed by atoms with Gasteiger partial charge in [0, 0.05) is 11.8 Å². The number of nitrogens with two attached hydrogens (primary N) is 1. The van der Waals surface area contributed by atoms with E-state index < -0.39 is 10.0 Å². The maximum atomic E-state index is 11.9. The van der Waals surface area contributed by atoms with Gasteiger partial charge >= 0.3 is 0 Å². The highest BCUT2D eigenvalue weighted by Crippen LogP contribution is 2.23. The van der Waals surface area contributed by atoms with Crippen LogP contribution < -0.4 is 20.5 Å². The predicted molar refractivity (Wildman–Crippen MR) is 130 cm³/mol. The Kier molecular flexibility index (Phi) is 8.63. The van der Waals surface area contributed by atoms with Crippen molar-refractivity contribution in [1.82, 2.24) is 4.72 Å². The second-order valence-corrected chi connectivity index (χ2v) is 8.01. The summed E-state index contributed by atoms with van der Waals surface area (Å²) in [5.74, 6) is 1.62. The van der Waals surface area contributed by atoms with E-state index in [1.165, 1.54) is 13.1 Å². The van der Waals surface area contributed by atoms with Crippen LogP contribution >= 0.6 is 24.0 Å². The number of rotatable bonds is 7. The van der Waals surface area contributed by atoms with E-state index in [9.17, 15) is 8.42 Å². The molecule has 7 nitrogen and oxygen atoms in total. The first-order valence-electron chi connectivity index (χ1n) is 8.89. The Morgan fingerprint density at radius 3 is 2.40 bits per heavy atom. The van der Waals surface area contributed by atoms with Crippen molar-refractivity contribution in [2.75, 3.05) is 12.4 Å². The van der Waals surface area contributed by atoms with Gasteiger partial charge in [-0.3, -0.25) is 0 Å². The van der Waals surface area contributed by atoms with Crippen molar-refractivity contribution in [3.8, 4) is 11.5 Å². The van der Waals surface area contributed by atoms with E-state index in [0.717, 1.165) is 17.0 Å². The lowest BCUT2D eigenvalue weighted by Gasteiger charge is -2.09. The summed E-state index contributed by atoms with van der Waals surface area (Å²) in [7, 11) is -2.12. The lowest BCUT2D eigenvalue weighted by atomic mass is 10.2. The maximum Gasteiger partial charge on any atom is 0.240 e. The van der Waals surface area contributed by atoms with Crippen LogP contribution in [-0.2, 0) is 16.6 Å². The van der Waals surface area contributed by atoms with Crippen LogP contribution in [0.4, 0.5) is 5.69 Å². The Labute approximate surface area is 193 Å². The van der Waals surface area contributed by atoms with Crippen molar-refractivity contribution in [3.05, 3.63) is 84.4 Å². The molecule has 3 aromatic carbocycles. The van der Waals surface area contributed by atoms with Gasteiger partial charge in [0.25, 0.3) is 0 Å². The van der Waals surface area contributed by atoms with Gasteiger partial charge in [0.1, 0.15) is 11.5 Å². The first-order chi connectivity index (χ1) is 14.0. The van der Waals surface area contributed by atoms with Crippen LogP contribution in [0.1, 0.15) is 5.56 Å². The van der Waals surface area contributed by atoms with E-state index in [-0.39, 0.29) is 41.4 Å². The number of hydrogen-bond acceptors (Lipinski definition) is 4. The largest absolute Gasteiger partial charge is 0.457 e. The fourth-order valence-electron chi connectivity index (χ4n) is 2.55. The second-order valence-electron chi connectivity index (χ2n) is 6.12. The van der Waals surface area contributed by atoms with Gasteiger partial charge in [-0.1, -0.05) is 36.4 Å². The summed E-state index contributed by atoms with van der Waals surface area (Å²) >= 11 is 0. The summed E-state index contributed by atoms with van der Waals surface area (Å²) in [6.07, 6.45) is 0. The standard InChI is InChI=1S/C21H22N4O3S.HI/c1-23-29(26,27)20-12-5-7-16(13-20)15-24-21(22)25-17-8-6-11-19(14-17)28-18-9-3-2-4-10-18;/h2-14,23H,15H2,1H3,(H3,22,24,25);1H. The monoisotopic (exact) mass is 538 g/mol. The molecule has 0 amide bonds. The minimum Gasteiger partial charge on any atom is -0.457 e. The molecule has 3 aromatic rings. The summed E-state index contributed by atoms with van der Waals surface area (Å²) in [6, 6.07) is 23.4. The average Bonchev–Trinajstić information content (AvgIpc) is 2.73. The zero-order valence-corrected chi connectivity index (χ0v) is 19.4. The van der Waals surface area contributed by atoms with Gasteiger partial charge < -0.3 is 15.8 Å². The van der Waals surface area contributed by atoms with Crippen LogP contribution in [0.5, 0.6) is 11.5 Å². The fraction of sp³-hybridized carbons (Fsp3) is 0.0952. The molecule has 0 fully saturated rings. The van der Waals surface area contributed by atoms with Crippen molar-refractivity contribution in [3.63, 3.8) is 0 Å². The quantitative estimate of drug-likeness (QED) is 0.240. The zero-order chi connectivity index (χ0) is 20.7. The number of para-hydroxylation sites is 1. The molecular formula is C21H23IN4O3S. The van der Waals surface area contributed by atoms with Crippen LogP contribution in [0.15, 0.2) is 88.8 Å². The van der Waals surface area contributed by atoms with Crippen LogP contribution in [0.25, 0.3) is 0 Å². The summed E-state index contributed by atoms with van der Waals surface area (Å²) in [6.45, 7) is 0.242. The topological polar surface area (TPSA) is 106 Å². The molecule has 0 unspecified atom stereocenters. The van der Waals surface area contributed by atoms with Crippen molar-refractivity contribution in [2.24, 2.45) is 10.7 Å². The van der Waals surface area contributed by atoms with Crippen LogP contribution in [-0.4, -0.2) is 21.4 Å². The zero-order valence-electron chi connectivity index (χ0n) is 16.3. The molecule has 0 saturated carbocycles. The lowest BCUT2D eigenvalue weighted by Crippen LogP contribution is -2.22. The fourth-order valence-corrected chi connectivity index (χ4v) is 3.35. The molecule has 4 N–H and O–H groups in total. The number of ether oxygens (including phenoxy) is 1. The number of guanidine groups is 1. The van der Waals surface area contributed by atoms with Crippen LogP contribution in [0.2, 0.25) is 0 Å². The summed E-state index contributed by atoms with van der Waals surface area (Å²) < 4.78 is 31.9. The Morgan fingerprint density at radius 1 is 0.967 bits per heavy atom. The van der Waals surface area contributed by atoms with E-state index in [1.807, 2.05) is 54.6 Å². The van der Waals surface area contributed by atoms with E-state index >= 15 is 0 Å². The number of nitrogens with one attached hydrogen (secondary N) is 2. The molecule has 158 valence electrons. The molecular weight excluding hydrogens is 515 g/mol. The number of anilines is 1. The third-order valence-electron chi connectivity index (χ3n) is 3.99. The van der Waals surface area contributed by atoms with Gasteiger partial charge in [0.05, 0.1) is 11.4 Å². The molecule has 3 rings (SSSR count). The minimum atomic E-state index is -3.50. The SMILES string of the molecule is CNS(=O)(=O)c1cccc(CN=C(N)Nc2cccc(Oc3ccccc3)c2)c1.I. The number of sulfonamides is 1. The van der Waals surface area contributed by atoms with Crippen molar-refractivity contribution in [1.29, 1.82) is 0 Å². The van der Waals surface area contributed by atoms with E-state index in [1.54, 1.807) is 18.2 Å². The molecule has 0 saturated heterocycles. The summed E-state index contributed by atoms with van der Waals surface area (Å²) in [4.78, 5) is 4.46. The average molecular weight is 538 g/mol. The van der Waals surface area contributed by atoms with E-state index in [0.29, 0.717) is 5.75 Å². The first-order valence-corrected chi connectivity index (χ1v) is 10.4. The number of aliphatic imine (C=N–C) groups is 1. The molecule has 0 heterocycles. The molecule has 30 heavy (non-hydrogen) atoms. The predicted octanol–water partition coefficient (Wildman–Crippen LogP) is 3.93. The van der Waals surface area contributed by atoms with Gasteiger partial charge in [-0.05, 0) is 49.0 Å². The molecule has 0 atom stereocenters. The lowest BCUT2D eigenvalue weighted by molar-refractivity contribution is 0.483. The van der Waals surface area contributed by atoms with Gasteiger partial charge in [0.15, 0.2) is 5.96 Å². The normalized spacial score (nSPS) is 11.4. The van der Waals surface area contributed by atoms with Gasteiger partial charge in [-0.15, -0.1) is 24.0 Å². The second kappa shape index (κ2) is 11.0. The highest BCUT2D eigenvalue weighted by molar-refractivity contribution is 14.0. The number of benzene rings is 3. The summed E-state index contributed by atoms with van der Waals surface area (Å²) in [5.41, 5.74) is 7.43. The third kappa shape index (κ3) is 6.71. The van der Waals surface area contributed by atoms with Crippen LogP contribution in [0.3, 0.4) is 0 Å².